The summed E-state index contributed by atoms with van der Waals surface area (Å²) in [6.07, 6.45) is 7.37. The van der Waals surface area contributed by atoms with E-state index in [0.29, 0.717) is 5.92 Å². The molecular formula is C18H27N3O. The lowest BCUT2D eigenvalue weighted by Crippen LogP contribution is -2.33. The fraction of sp³-hybridized carbons (Fsp3) is 0.667. The third-order valence-electron chi connectivity index (χ3n) is 5.40. The second-order valence-electron chi connectivity index (χ2n) is 7.69. The van der Waals surface area contributed by atoms with Crippen LogP contribution in [0.4, 0.5) is 0 Å². The van der Waals surface area contributed by atoms with E-state index in [0.717, 1.165) is 19.3 Å². The van der Waals surface area contributed by atoms with Gasteiger partial charge in [-0.3, -0.25) is 9.48 Å². The molecule has 4 heteroatoms. The SMILES string of the molecule is CC(C)=C[C@@H]1[C@H](C(=O)N[C@H]2CCCc3c2cnn3C)C1(C)C. The van der Waals surface area contributed by atoms with E-state index in [1.54, 1.807) is 0 Å². The van der Waals surface area contributed by atoms with Crippen LogP contribution in [-0.2, 0) is 18.3 Å². The van der Waals surface area contributed by atoms with Crippen molar-refractivity contribution in [2.24, 2.45) is 24.3 Å². The minimum Gasteiger partial charge on any atom is -0.349 e. The van der Waals surface area contributed by atoms with Gasteiger partial charge in [-0.05, 0) is 44.4 Å². The Morgan fingerprint density at radius 1 is 1.45 bits per heavy atom. The van der Waals surface area contributed by atoms with Gasteiger partial charge in [0.25, 0.3) is 0 Å². The van der Waals surface area contributed by atoms with Gasteiger partial charge in [0, 0.05) is 18.3 Å². The average Bonchev–Trinajstić information content (AvgIpc) is 2.77. The number of hydrogen-bond acceptors (Lipinski definition) is 2. The van der Waals surface area contributed by atoms with Crippen LogP contribution >= 0.6 is 0 Å². The maximum absolute atomic E-state index is 12.7. The molecule has 22 heavy (non-hydrogen) atoms. The fourth-order valence-corrected chi connectivity index (χ4v) is 3.97. The molecule has 0 spiro atoms. The molecule has 120 valence electrons. The second kappa shape index (κ2) is 5.25. The number of fused-ring (bicyclic) bond motifs is 1. The van der Waals surface area contributed by atoms with Crippen LogP contribution in [0, 0.1) is 17.3 Å². The first kappa shape index (κ1) is 15.3. The Bertz CT molecular complexity index is 622. The number of hydrogen-bond donors (Lipinski definition) is 1. The van der Waals surface area contributed by atoms with Crippen molar-refractivity contribution in [3.63, 3.8) is 0 Å². The standard InChI is InChI=1S/C18H27N3O/c1-11(2)9-13-16(18(13,3)4)17(22)20-14-7-6-8-15-12(14)10-19-21(15)5/h9-10,13-14,16H,6-8H2,1-5H3,(H,20,22)/t13-,14+,16-/m1/s1. The van der Waals surface area contributed by atoms with Crippen molar-refractivity contribution in [2.45, 2.75) is 53.0 Å². The molecule has 0 aromatic carbocycles. The number of aromatic nitrogens is 2. The zero-order chi connectivity index (χ0) is 16.1. The number of rotatable bonds is 3. The fourth-order valence-electron chi connectivity index (χ4n) is 3.97. The van der Waals surface area contributed by atoms with Crippen LogP contribution in [0.25, 0.3) is 0 Å². The van der Waals surface area contributed by atoms with Gasteiger partial charge in [0.2, 0.25) is 5.91 Å². The van der Waals surface area contributed by atoms with Crippen LogP contribution < -0.4 is 5.32 Å². The minimum atomic E-state index is 0.0772. The van der Waals surface area contributed by atoms with Gasteiger partial charge >= 0.3 is 0 Å². The zero-order valence-electron chi connectivity index (χ0n) is 14.3. The van der Waals surface area contributed by atoms with E-state index >= 15 is 0 Å². The largest absolute Gasteiger partial charge is 0.349 e. The lowest BCUT2D eigenvalue weighted by molar-refractivity contribution is -0.124. The Hall–Kier alpha value is -1.58. The molecule has 0 saturated heterocycles. The second-order valence-corrected chi connectivity index (χ2v) is 7.69. The zero-order valence-corrected chi connectivity index (χ0v) is 14.3. The summed E-state index contributed by atoms with van der Waals surface area (Å²) in [4.78, 5) is 12.7. The van der Waals surface area contributed by atoms with E-state index < -0.39 is 0 Å². The summed E-state index contributed by atoms with van der Waals surface area (Å²) in [7, 11) is 1.98. The quantitative estimate of drug-likeness (QED) is 0.872. The summed E-state index contributed by atoms with van der Waals surface area (Å²) in [6, 6.07) is 0.133. The summed E-state index contributed by atoms with van der Waals surface area (Å²) in [6.45, 7) is 8.59. The van der Waals surface area contributed by atoms with E-state index in [-0.39, 0.29) is 23.3 Å². The molecule has 3 rings (SSSR count). The third-order valence-corrected chi connectivity index (χ3v) is 5.40. The van der Waals surface area contributed by atoms with E-state index in [4.69, 9.17) is 0 Å². The third kappa shape index (κ3) is 2.49. The molecule has 1 amide bonds. The minimum absolute atomic E-state index is 0.0772. The maximum atomic E-state index is 12.7. The molecule has 4 nitrogen and oxygen atoms in total. The van der Waals surface area contributed by atoms with Gasteiger partial charge in [0.1, 0.15) is 0 Å². The highest BCUT2D eigenvalue weighted by Crippen LogP contribution is 2.59. The molecule has 1 fully saturated rings. The number of amides is 1. The summed E-state index contributed by atoms with van der Waals surface area (Å²) < 4.78 is 1.95. The van der Waals surface area contributed by atoms with E-state index in [1.807, 2.05) is 17.9 Å². The molecule has 3 atom stereocenters. The summed E-state index contributed by atoms with van der Waals surface area (Å²) in [5.74, 6) is 0.674. The van der Waals surface area contributed by atoms with E-state index in [9.17, 15) is 4.79 Å². The average molecular weight is 301 g/mol. The van der Waals surface area contributed by atoms with Crippen LogP contribution in [0.2, 0.25) is 0 Å². The Morgan fingerprint density at radius 3 is 2.86 bits per heavy atom. The van der Waals surface area contributed by atoms with E-state index in [2.05, 4.69) is 44.2 Å². The molecule has 1 aromatic rings. The van der Waals surface area contributed by atoms with Crippen molar-refractivity contribution >= 4 is 5.91 Å². The number of carbonyl (C=O) groups excluding carboxylic acids is 1. The predicted molar refractivity (Wildman–Crippen MR) is 87.2 cm³/mol. The molecule has 0 radical (unpaired) electrons. The van der Waals surface area contributed by atoms with Crippen molar-refractivity contribution < 1.29 is 4.79 Å². The first-order valence-electron chi connectivity index (χ1n) is 8.28. The molecular weight excluding hydrogens is 274 g/mol. The highest BCUT2D eigenvalue weighted by atomic mass is 16.2. The molecule has 2 aliphatic rings. The lowest BCUT2D eigenvalue weighted by Gasteiger charge is -2.24. The van der Waals surface area contributed by atoms with Gasteiger partial charge in [-0.15, -0.1) is 0 Å². The first-order valence-corrected chi connectivity index (χ1v) is 8.28. The monoisotopic (exact) mass is 301 g/mol. The number of nitrogens with one attached hydrogen (secondary N) is 1. The smallest absolute Gasteiger partial charge is 0.224 e. The Morgan fingerprint density at radius 2 is 2.18 bits per heavy atom. The van der Waals surface area contributed by atoms with Crippen LogP contribution in [0.15, 0.2) is 17.8 Å². The molecule has 0 aliphatic heterocycles. The molecule has 1 N–H and O–H groups in total. The highest BCUT2D eigenvalue weighted by Gasteiger charge is 2.60. The summed E-state index contributed by atoms with van der Waals surface area (Å²) >= 11 is 0. The van der Waals surface area contributed by atoms with Crippen molar-refractivity contribution in [1.82, 2.24) is 15.1 Å². The summed E-state index contributed by atoms with van der Waals surface area (Å²) in [5, 5.41) is 7.64. The van der Waals surface area contributed by atoms with Gasteiger partial charge in [-0.25, -0.2) is 0 Å². The molecule has 0 bridgehead atoms. The van der Waals surface area contributed by atoms with Gasteiger partial charge in [-0.1, -0.05) is 25.5 Å². The predicted octanol–water partition coefficient (Wildman–Crippen LogP) is 3.15. The van der Waals surface area contributed by atoms with Gasteiger partial charge in [0.15, 0.2) is 0 Å². The number of aryl methyl sites for hydroxylation is 1. The molecule has 1 saturated carbocycles. The number of allylic oxidation sites excluding steroid dienone is 2. The van der Waals surface area contributed by atoms with Crippen molar-refractivity contribution in [1.29, 1.82) is 0 Å². The van der Waals surface area contributed by atoms with Crippen LogP contribution in [0.5, 0.6) is 0 Å². The van der Waals surface area contributed by atoms with Crippen LogP contribution in [0.1, 0.15) is 57.8 Å². The van der Waals surface area contributed by atoms with Gasteiger partial charge < -0.3 is 5.32 Å². The molecule has 0 unspecified atom stereocenters. The van der Waals surface area contributed by atoms with Gasteiger partial charge in [-0.2, -0.15) is 5.10 Å². The van der Waals surface area contributed by atoms with Crippen molar-refractivity contribution in [2.75, 3.05) is 0 Å². The molecule has 2 aliphatic carbocycles. The van der Waals surface area contributed by atoms with Gasteiger partial charge in [0.05, 0.1) is 18.2 Å². The number of nitrogens with zero attached hydrogens (tertiary/aromatic N) is 2. The summed E-state index contributed by atoms with van der Waals surface area (Å²) in [5.41, 5.74) is 3.85. The Balaban J connectivity index is 1.73. The van der Waals surface area contributed by atoms with Crippen LogP contribution in [-0.4, -0.2) is 15.7 Å². The lowest BCUT2D eigenvalue weighted by atomic mass is 9.92. The first-order chi connectivity index (χ1) is 10.3. The van der Waals surface area contributed by atoms with E-state index in [1.165, 1.54) is 16.8 Å². The Labute approximate surface area is 133 Å². The van der Waals surface area contributed by atoms with Crippen LogP contribution in [0.3, 0.4) is 0 Å². The molecule has 1 heterocycles. The van der Waals surface area contributed by atoms with Crippen molar-refractivity contribution in [3.8, 4) is 0 Å². The highest BCUT2D eigenvalue weighted by molar-refractivity contribution is 5.84. The van der Waals surface area contributed by atoms with Crippen molar-refractivity contribution in [3.05, 3.63) is 29.1 Å². The molecule has 1 aromatic heterocycles. The number of carbonyl (C=O) groups is 1. The topological polar surface area (TPSA) is 46.9 Å². The Kier molecular flexibility index (Phi) is 3.66. The maximum Gasteiger partial charge on any atom is 0.224 e. The normalized spacial score (nSPS) is 28.7.